The number of anilines is 1. The zero-order valence-corrected chi connectivity index (χ0v) is 11.3. The van der Waals surface area contributed by atoms with Gasteiger partial charge in [-0.3, -0.25) is 0 Å². The van der Waals surface area contributed by atoms with E-state index in [1.54, 1.807) is 32.0 Å². The molecule has 0 atom stereocenters. The zero-order chi connectivity index (χ0) is 13.8. The average Bonchev–Trinajstić information content (AvgIpc) is 2.28. The van der Waals surface area contributed by atoms with Gasteiger partial charge < -0.3 is 10.5 Å². The molecule has 2 N–H and O–H groups in total. The van der Waals surface area contributed by atoms with Crippen LogP contribution in [0.3, 0.4) is 0 Å². The Hall–Kier alpha value is -1.56. The van der Waals surface area contributed by atoms with E-state index in [-0.39, 0.29) is 18.1 Å². The molecule has 1 rings (SSSR count). The molecule has 0 heterocycles. The molecule has 0 aliphatic rings. The summed E-state index contributed by atoms with van der Waals surface area (Å²) in [6.45, 7) is 3.15. The van der Waals surface area contributed by atoms with Gasteiger partial charge in [-0.1, -0.05) is 19.1 Å². The Kier molecular flexibility index (Phi) is 4.72. The third-order valence-corrected chi connectivity index (χ3v) is 4.24. The number of hydrogen-bond acceptors (Lipinski definition) is 5. The van der Waals surface area contributed by atoms with Gasteiger partial charge in [-0.25, -0.2) is 13.2 Å². The van der Waals surface area contributed by atoms with Crippen molar-refractivity contribution in [2.45, 2.75) is 13.8 Å². The summed E-state index contributed by atoms with van der Waals surface area (Å²) in [5, 5.41) is 0. The number of rotatable bonds is 5. The van der Waals surface area contributed by atoms with Crippen molar-refractivity contribution >= 4 is 21.5 Å². The van der Waals surface area contributed by atoms with Crippen molar-refractivity contribution in [2.24, 2.45) is 0 Å². The summed E-state index contributed by atoms with van der Waals surface area (Å²) in [7, 11) is -3.13. The Morgan fingerprint density at radius 3 is 2.61 bits per heavy atom. The molecule has 0 saturated carbocycles. The van der Waals surface area contributed by atoms with Gasteiger partial charge in [0.05, 0.1) is 11.3 Å². The number of benzene rings is 1. The molecule has 1 aromatic rings. The molecule has 0 aromatic heterocycles. The Balaban J connectivity index is 2.67. The molecule has 0 radical (unpaired) electrons. The minimum absolute atomic E-state index is 0.0387. The highest BCUT2D eigenvalue weighted by atomic mass is 32.2. The second kappa shape index (κ2) is 5.86. The number of sulfone groups is 1. The van der Waals surface area contributed by atoms with Crippen molar-refractivity contribution in [3.05, 3.63) is 29.3 Å². The molecule has 6 heteroatoms. The van der Waals surface area contributed by atoms with Crippen LogP contribution in [0.2, 0.25) is 0 Å². The predicted octanol–water partition coefficient (Wildman–Crippen LogP) is 1.17. The van der Waals surface area contributed by atoms with Gasteiger partial charge in [-0.15, -0.1) is 0 Å². The van der Waals surface area contributed by atoms with Crippen LogP contribution in [-0.4, -0.2) is 32.5 Å². The highest BCUT2D eigenvalue weighted by molar-refractivity contribution is 7.91. The lowest BCUT2D eigenvalue weighted by Crippen LogP contribution is -2.18. The zero-order valence-electron chi connectivity index (χ0n) is 10.5. The summed E-state index contributed by atoms with van der Waals surface area (Å²) in [5.74, 6) is -0.713. The average molecular weight is 271 g/mol. The molecule has 100 valence electrons. The molecule has 0 aliphatic heterocycles. The van der Waals surface area contributed by atoms with Gasteiger partial charge in [-0.2, -0.15) is 0 Å². The van der Waals surface area contributed by atoms with Gasteiger partial charge in [0.25, 0.3) is 0 Å². The molecule has 0 fully saturated rings. The summed E-state index contributed by atoms with van der Waals surface area (Å²) >= 11 is 0. The minimum atomic E-state index is -3.13. The van der Waals surface area contributed by atoms with E-state index < -0.39 is 15.8 Å². The van der Waals surface area contributed by atoms with E-state index >= 15 is 0 Å². The van der Waals surface area contributed by atoms with Crippen LogP contribution < -0.4 is 5.73 Å². The Bertz CT molecular complexity index is 517. The smallest absolute Gasteiger partial charge is 0.340 e. The van der Waals surface area contributed by atoms with Gasteiger partial charge in [-0.05, 0) is 18.6 Å². The Morgan fingerprint density at radius 1 is 1.39 bits per heavy atom. The molecular weight excluding hydrogens is 254 g/mol. The number of nitrogen functional groups attached to an aromatic ring is 1. The summed E-state index contributed by atoms with van der Waals surface area (Å²) < 4.78 is 27.4. The van der Waals surface area contributed by atoms with Gasteiger partial charge in [0.2, 0.25) is 0 Å². The van der Waals surface area contributed by atoms with Crippen molar-refractivity contribution in [1.29, 1.82) is 0 Å². The molecule has 18 heavy (non-hydrogen) atoms. The van der Waals surface area contributed by atoms with E-state index in [1.165, 1.54) is 0 Å². The molecule has 0 aliphatic carbocycles. The summed E-state index contributed by atoms with van der Waals surface area (Å²) in [4.78, 5) is 11.8. The lowest BCUT2D eigenvalue weighted by molar-refractivity contribution is 0.0529. The van der Waals surface area contributed by atoms with Crippen molar-refractivity contribution in [3.8, 4) is 0 Å². The maximum atomic E-state index is 11.8. The summed E-state index contributed by atoms with van der Waals surface area (Å²) in [6, 6.07) is 5.09. The van der Waals surface area contributed by atoms with Crippen LogP contribution in [0.1, 0.15) is 22.8 Å². The molecule has 0 unspecified atom stereocenters. The molecular formula is C12H17NO4S. The van der Waals surface area contributed by atoms with Crippen LogP contribution >= 0.6 is 0 Å². The second-order valence-electron chi connectivity index (χ2n) is 3.91. The summed E-state index contributed by atoms with van der Waals surface area (Å²) in [5.41, 5.74) is 7.02. The summed E-state index contributed by atoms with van der Waals surface area (Å²) in [6.07, 6.45) is 0. The number of carbonyl (C=O) groups excluding carboxylic acids is 1. The molecule has 0 spiro atoms. The van der Waals surface area contributed by atoms with Crippen molar-refractivity contribution in [3.63, 3.8) is 0 Å². The first kappa shape index (κ1) is 14.5. The standard InChI is InChI=1S/C12H17NO4S/c1-3-18(15,16)8-7-17-12(14)11-9(2)5-4-6-10(11)13/h4-6H,3,7-8,13H2,1-2H3. The van der Waals surface area contributed by atoms with Crippen LogP contribution in [0.4, 0.5) is 5.69 Å². The first-order valence-corrected chi connectivity index (χ1v) is 7.42. The fourth-order valence-electron chi connectivity index (χ4n) is 1.45. The topological polar surface area (TPSA) is 86.5 Å². The maximum absolute atomic E-state index is 11.8. The van der Waals surface area contributed by atoms with E-state index in [9.17, 15) is 13.2 Å². The van der Waals surface area contributed by atoms with Crippen LogP contribution in [0.25, 0.3) is 0 Å². The fourth-order valence-corrected chi connectivity index (χ4v) is 2.07. The second-order valence-corrected chi connectivity index (χ2v) is 6.38. The van der Waals surface area contributed by atoms with Gasteiger partial charge in [0.1, 0.15) is 6.61 Å². The number of hydrogen-bond donors (Lipinski definition) is 1. The van der Waals surface area contributed by atoms with E-state index in [0.29, 0.717) is 16.8 Å². The lowest BCUT2D eigenvalue weighted by Gasteiger charge is -2.09. The normalized spacial score (nSPS) is 11.2. The molecule has 1 aromatic carbocycles. The maximum Gasteiger partial charge on any atom is 0.340 e. The van der Waals surface area contributed by atoms with Crippen LogP contribution in [0.5, 0.6) is 0 Å². The number of ether oxygens (including phenoxy) is 1. The first-order chi connectivity index (χ1) is 8.37. The third kappa shape index (κ3) is 3.73. The van der Waals surface area contributed by atoms with E-state index in [4.69, 9.17) is 10.5 Å². The number of aryl methyl sites for hydroxylation is 1. The number of esters is 1. The Morgan fingerprint density at radius 2 is 2.06 bits per heavy atom. The van der Waals surface area contributed by atoms with Crippen molar-refractivity contribution < 1.29 is 17.9 Å². The fraction of sp³-hybridized carbons (Fsp3) is 0.417. The van der Waals surface area contributed by atoms with E-state index in [1.807, 2.05) is 0 Å². The van der Waals surface area contributed by atoms with Gasteiger partial charge in [0, 0.05) is 11.4 Å². The largest absolute Gasteiger partial charge is 0.461 e. The Labute approximate surface area is 107 Å². The lowest BCUT2D eigenvalue weighted by atomic mass is 10.1. The quantitative estimate of drug-likeness (QED) is 0.641. The molecule has 0 bridgehead atoms. The first-order valence-electron chi connectivity index (χ1n) is 5.60. The third-order valence-electron chi connectivity index (χ3n) is 2.58. The van der Waals surface area contributed by atoms with Crippen molar-refractivity contribution in [2.75, 3.05) is 23.8 Å². The van der Waals surface area contributed by atoms with E-state index in [2.05, 4.69) is 0 Å². The molecule has 5 nitrogen and oxygen atoms in total. The van der Waals surface area contributed by atoms with Crippen LogP contribution in [0.15, 0.2) is 18.2 Å². The predicted molar refractivity (Wildman–Crippen MR) is 70.2 cm³/mol. The highest BCUT2D eigenvalue weighted by Gasteiger charge is 2.15. The monoisotopic (exact) mass is 271 g/mol. The van der Waals surface area contributed by atoms with Gasteiger partial charge in [0.15, 0.2) is 9.84 Å². The number of carbonyl (C=O) groups is 1. The SMILES string of the molecule is CCS(=O)(=O)CCOC(=O)c1c(C)cccc1N. The van der Waals surface area contributed by atoms with Gasteiger partial charge >= 0.3 is 5.97 Å². The van der Waals surface area contributed by atoms with Crippen LogP contribution in [-0.2, 0) is 14.6 Å². The number of nitrogens with two attached hydrogens (primary N) is 1. The highest BCUT2D eigenvalue weighted by Crippen LogP contribution is 2.17. The van der Waals surface area contributed by atoms with E-state index in [0.717, 1.165) is 0 Å². The minimum Gasteiger partial charge on any atom is -0.461 e. The van der Waals surface area contributed by atoms with Crippen LogP contribution in [0, 0.1) is 6.92 Å². The van der Waals surface area contributed by atoms with Crippen molar-refractivity contribution in [1.82, 2.24) is 0 Å². The molecule has 0 amide bonds. The molecule has 0 saturated heterocycles.